The van der Waals surface area contributed by atoms with Crippen LogP contribution in [0.1, 0.15) is 134 Å². The number of hydrogen-bond donors (Lipinski definition) is 2. The number of aromatic amines is 1. The average molecular weight is 2240 g/mol. The molecule has 1 fully saturated rings. The summed E-state index contributed by atoms with van der Waals surface area (Å²) in [5.41, 5.74) is 9.90. The van der Waals surface area contributed by atoms with E-state index >= 15 is 0 Å². The van der Waals surface area contributed by atoms with Gasteiger partial charge < -0.3 is 87.8 Å². The van der Waals surface area contributed by atoms with Crippen molar-refractivity contribution in [2.75, 3.05) is 39.1 Å². The number of allylic oxidation sites excluding steroid dienone is 4. The van der Waals surface area contributed by atoms with Crippen LogP contribution in [0.2, 0.25) is 144 Å². The van der Waals surface area contributed by atoms with Gasteiger partial charge in [-0.2, -0.15) is 0 Å². The van der Waals surface area contributed by atoms with Crippen molar-refractivity contribution < 1.29 is 153 Å². The van der Waals surface area contributed by atoms with Gasteiger partial charge in [-0.25, -0.2) is 41.3 Å². The minimum absolute atomic E-state index is 0. The summed E-state index contributed by atoms with van der Waals surface area (Å²) in [6, 6.07) is 14.9. The Morgan fingerprint density at radius 1 is 0.514 bits per heavy atom. The molecule has 1 aliphatic rings. The van der Waals surface area contributed by atoms with E-state index in [4.69, 9.17) is 79.4 Å². The number of aliphatic hydroxyl groups excluding tert-OH is 1. The second-order valence-corrected chi connectivity index (χ2v) is 69.4. The molecule has 0 bridgehead atoms. The first-order valence-electron chi connectivity index (χ1n) is 44.2. The number of rotatable bonds is 31. The van der Waals surface area contributed by atoms with E-state index in [1.807, 2.05) is 94.9 Å². The van der Waals surface area contributed by atoms with Crippen LogP contribution in [0.3, 0.4) is 0 Å². The molecule has 12 rings (SSSR count). The zero-order chi connectivity index (χ0) is 102. The van der Waals surface area contributed by atoms with Crippen molar-refractivity contribution in [1.29, 1.82) is 0 Å². The van der Waals surface area contributed by atoms with E-state index in [9.17, 15) is 46.4 Å². The monoisotopic (exact) mass is 2230 g/mol. The molecule has 0 unspecified atom stereocenters. The molecule has 0 saturated carbocycles. The van der Waals surface area contributed by atoms with Crippen LogP contribution >= 0.6 is 46.4 Å². The van der Waals surface area contributed by atoms with E-state index in [1.165, 1.54) is 30.2 Å². The third-order valence-corrected chi connectivity index (χ3v) is 29.7. The molecule has 3 radical (unpaired) electrons. The number of alkyl halides is 1. The Morgan fingerprint density at radius 2 is 0.859 bits per heavy atom. The fourth-order valence-corrected chi connectivity index (χ4v) is 16.7. The van der Waals surface area contributed by atoms with Gasteiger partial charge in [0.2, 0.25) is 5.15 Å². The minimum atomic E-state index is -1.18. The number of carbonyl (C=O) groups excluding carboxylic acids is 1. The number of nitro groups is 1. The molecule has 44 heteroatoms. The minimum Gasteiger partial charge on any atom is -1.00 e. The first-order chi connectivity index (χ1) is 62.8. The maximum Gasteiger partial charge on any atom is 2.00 e. The third-order valence-electron chi connectivity index (χ3n) is 20.2. The molecule has 1 saturated heterocycles. The van der Waals surface area contributed by atoms with Gasteiger partial charge in [-0.3, -0.25) is 36.4 Å². The molecule has 0 spiro atoms. The largest absolute Gasteiger partial charge is 2.00 e. The number of nitrogens with one attached hydrogen (secondary N) is 1. The van der Waals surface area contributed by atoms with Gasteiger partial charge in [0.15, 0.2) is 45.7 Å². The first-order valence-corrected chi connectivity index (χ1v) is 64.4. The zero-order valence-corrected chi connectivity index (χ0v) is 102. The summed E-state index contributed by atoms with van der Waals surface area (Å²) in [4.78, 5) is 46.8. The summed E-state index contributed by atoms with van der Waals surface area (Å²) < 4.78 is 128. The topological polar surface area (TPSA) is 258 Å². The molecule has 142 heavy (non-hydrogen) atoms. The standard InChI is InChI=1S/C18H27FN2O2Si.C18H25FN2O2Si.C17H25FN2OSi.C13H18ClFN2OSi.C10H19BO2.C7H4ClFN2.C6H15ClOSi.C5H2ClFN2O2.C2H3.2CH4.B.BrH.Mg.2Na.2H/c2*1-13(2)8-17-18-15(16(19)10-20-17)9-14(11-22)21(18)12-23-6-7-24(3,4)5;1-13(2)10-16-17-14(15(18)11-19-16)6-7-20(17)12-21-8-9-22(3,4)5;1-19(2,3)7-6-18-9-17-5-4-10-11(15)8-16-13(14)12(10)17;1-8(2)7-11-12-9(3,4)10(5,6)13-11;8-7-6-4(1-2-10-6)5(9)3-11-7;1-9(2,3)5-4-8-6-7;6-5-4(9(10)11)1-3(7)2-8-5;1-2;;;;;;;;;/h8-10,22H,6-7,11-12H2,1-5H3;8-11H,6-7,12H2,1-5H3;6-7,10-11H,8-9,12H2,1-5H3;4-5,8H,6-7,9H2,1-3H3;7H,1-6H3;1-3,10H;4-6H2,1-3H3;1-2H;1H,2H2;2*1H4;;1H;;;;;/q;;;;;;;;-1;;;;;+2;2*+1;2*-1/p-1. The Kier molecular flexibility index (Phi) is 68.1. The maximum atomic E-state index is 14.2. The summed E-state index contributed by atoms with van der Waals surface area (Å²) in [6.07, 6.45) is 18.5. The predicted octanol–water partition coefficient (Wildman–Crippen LogP) is 19.8. The van der Waals surface area contributed by atoms with Crippen molar-refractivity contribution in [1.82, 2.24) is 53.2 Å². The normalized spacial score (nSPS) is 12.1. The number of aliphatic hydroxyl groups is 1. The van der Waals surface area contributed by atoms with E-state index in [1.54, 1.807) is 51.9 Å². The fourth-order valence-electron chi connectivity index (χ4n) is 12.2. The number of nitrogens with zero attached hydrogens (tertiary/aromatic N) is 11. The molecule has 12 heterocycles. The number of halogens is 11. The molecule has 0 aromatic carbocycles. The second kappa shape index (κ2) is 67.4. The molecule has 773 valence electrons. The number of hydrogen-bond acceptors (Lipinski definition) is 17. The van der Waals surface area contributed by atoms with E-state index in [-0.39, 0.29) is 185 Å². The number of aldehydes is 1. The van der Waals surface area contributed by atoms with Crippen molar-refractivity contribution >= 4 is 210 Å². The summed E-state index contributed by atoms with van der Waals surface area (Å²) in [5.74, 6) is -0.587. The van der Waals surface area contributed by atoms with E-state index < -0.39 is 62.6 Å². The number of aromatic nitrogens is 11. The van der Waals surface area contributed by atoms with Crippen LogP contribution in [0, 0.1) is 51.6 Å². The van der Waals surface area contributed by atoms with Gasteiger partial charge in [0, 0.05) is 133 Å². The molecule has 1 aliphatic heterocycles. The molecule has 0 aliphatic carbocycles. The van der Waals surface area contributed by atoms with Crippen LogP contribution in [-0.2, 0) is 66.5 Å². The fraction of sp³-hybridized carbons (Fsp3) is 0.480. The molecule has 2 N–H and O–H groups in total. The van der Waals surface area contributed by atoms with Crippen molar-refractivity contribution in [3.8, 4) is 0 Å². The van der Waals surface area contributed by atoms with Crippen molar-refractivity contribution in [2.45, 2.75) is 271 Å². The Bertz CT molecular complexity index is 5790. The van der Waals surface area contributed by atoms with Crippen LogP contribution < -0.4 is 76.1 Å². The first kappa shape index (κ1) is 144. The molecule has 11 aromatic rings. The number of pyridine rings is 6. The van der Waals surface area contributed by atoms with Gasteiger partial charge in [0.05, 0.1) is 116 Å². The molecule has 0 atom stereocenters. The summed E-state index contributed by atoms with van der Waals surface area (Å²) in [7, 11) is -5.58. The van der Waals surface area contributed by atoms with Crippen molar-refractivity contribution in [3.63, 3.8) is 0 Å². The van der Waals surface area contributed by atoms with Crippen LogP contribution in [0.25, 0.3) is 72.7 Å². The van der Waals surface area contributed by atoms with E-state index in [0.29, 0.717) is 122 Å². The van der Waals surface area contributed by atoms with Crippen molar-refractivity contribution in [2.24, 2.45) is 0 Å². The molecule has 11 aromatic heterocycles. The van der Waals surface area contributed by atoms with Gasteiger partial charge in [-0.1, -0.05) is 188 Å². The van der Waals surface area contributed by atoms with Gasteiger partial charge >= 0.3 is 95.0 Å². The van der Waals surface area contributed by atoms with Crippen LogP contribution in [0.4, 0.5) is 32.0 Å². The number of H-pyrrole nitrogens is 1. The second-order valence-electron chi connectivity index (χ2n) is 40.0. The van der Waals surface area contributed by atoms with Gasteiger partial charge in [0.25, 0.3) is 0 Å². The van der Waals surface area contributed by atoms with Gasteiger partial charge in [-0.05, 0) is 162 Å². The number of carbonyl (C=O) groups is 1. The molecular weight excluding hydrogens is 2090 g/mol. The predicted molar refractivity (Wildman–Crippen MR) is 584 cm³/mol. The Morgan fingerprint density at radius 3 is 1.23 bits per heavy atom. The molecular formula is C98H148B2BrCl4F6MgN12Na2O11Si5. The number of fused-ring (bicyclic) bond motifs is 5. The summed E-state index contributed by atoms with van der Waals surface area (Å²) >= 11 is 22.3. The molecule has 0 amide bonds. The zero-order valence-electron chi connectivity index (χ0n) is 89.1. The van der Waals surface area contributed by atoms with Crippen LogP contribution in [0.15, 0.2) is 127 Å². The third kappa shape index (κ3) is 49.3. The smallest absolute Gasteiger partial charge is 1.00 e. The van der Waals surface area contributed by atoms with Crippen LogP contribution in [-0.4, -0.2) is 199 Å². The average Bonchev–Trinajstić information content (AvgIpc) is 1.62. The van der Waals surface area contributed by atoms with E-state index in [0.717, 1.165) is 103 Å². The Hall–Kier alpha value is -4.75. The van der Waals surface area contributed by atoms with Gasteiger partial charge in [0.1, 0.15) is 38.8 Å². The molecule has 23 nitrogen and oxygen atoms in total. The quantitative estimate of drug-likeness (QED) is 0.00471. The van der Waals surface area contributed by atoms with Gasteiger partial charge in [-0.15, -0.1) is 0 Å². The van der Waals surface area contributed by atoms with Crippen LogP contribution in [0.5, 0.6) is 0 Å². The van der Waals surface area contributed by atoms with E-state index in [2.05, 4.69) is 174 Å². The maximum absolute atomic E-state index is 14.2. The summed E-state index contributed by atoms with van der Waals surface area (Å²) in [6.45, 7) is 70.6. The van der Waals surface area contributed by atoms with Crippen molar-refractivity contribution in [3.05, 3.63) is 223 Å². The Labute approximate surface area is 939 Å². The summed E-state index contributed by atoms with van der Waals surface area (Å²) in [5, 5.41) is 22.4. The number of ether oxygens (including phenoxy) is 5. The SMILES string of the molecule is C.C.CC(C)=CB1OC(C)(C)C(C)(C)O1.CC(C)=Cc1ncc(F)c2cc(C=O)n(COCC[Si](C)(C)C)c12.CC(C)=Cc1ncc(F)c2cc(CO)n(COCC[Si](C)(C)C)c12.CC(C)=Cc1ncc(F)c2ccn(COCC[Si](C)(C)C)c12.C[Si](C)(C)CCOCCl.C[Si](C)(C)CCOCn1ccc2c(F)cnc(Cl)c21.Fc1cnc(Cl)c2[nH]ccc12.O=[N+]([O-])c1cc(F)cnc1Cl.[B].[Br-].[CH-]=C.[H-].[H-].[Mg+2].[Na+].[Na+]. The Balaban J connectivity index is -0.000000381.